The lowest BCUT2D eigenvalue weighted by molar-refractivity contribution is -0.385. The molecule has 1 unspecified atom stereocenters. The minimum absolute atomic E-state index is 0.00808. The van der Waals surface area contributed by atoms with Crippen molar-refractivity contribution in [3.05, 3.63) is 68.7 Å². The number of anilines is 1. The summed E-state index contributed by atoms with van der Waals surface area (Å²) in [5.41, 5.74) is 2.34. The minimum atomic E-state index is -0.438. The van der Waals surface area contributed by atoms with Crippen molar-refractivity contribution in [1.82, 2.24) is 15.0 Å². The van der Waals surface area contributed by atoms with Gasteiger partial charge in [-0.1, -0.05) is 28.1 Å². The standard InChI is InChI=1S/C17H16BrN5O2/c1-10-15(23(24)25)7-8-16(20-10)21-11(2)17-19-9-14(22-17)12-3-5-13(18)6-4-12/h3-9,11H,1-2H3,(H,19,22)(H,20,21). The molecule has 0 aliphatic heterocycles. The summed E-state index contributed by atoms with van der Waals surface area (Å²) in [6, 6.07) is 10.9. The molecule has 25 heavy (non-hydrogen) atoms. The Hall–Kier alpha value is -2.74. The molecule has 2 N–H and O–H groups in total. The predicted molar refractivity (Wildman–Crippen MR) is 99.4 cm³/mol. The topological polar surface area (TPSA) is 96.7 Å². The van der Waals surface area contributed by atoms with Gasteiger partial charge >= 0.3 is 0 Å². The van der Waals surface area contributed by atoms with Crippen molar-refractivity contribution in [3.8, 4) is 11.3 Å². The fourth-order valence-corrected chi connectivity index (χ4v) is 2.71. The first-order valence-corrected chi connectivity index (χ1v) is 8.43. The summed E-state index contributed by atoms with van der Waals surface area (Å²) in [5.74, 6) is 1.33. The van der Waals surface area contributed by atoms with Gasteiger partial charge in [0, 0.05) is 10.5 Å². The second-order valence-corrected chi connectivity index (χ2v) is 6.53. The van der Waals surface area contributed by atoms with E-state index >= 15 is 0 Å². The molecule has 0 saturated carbocycles. The average molecular weight is 402 g/mol. The number of rotatable bonds is 5. The number of imidazole rings is 1. The molecule has 2 aromatic heterocycles. The van der Waals surface area contributed by atoms with Gasteiger partial charge in [0.05, 0.1) is 22.9 Å². The Labute approximate surface area is 152 Å². The molecule has 0 amide bonds. The number of nitrogens with one attached hydrogen (secondary N) is 2. The van der Waals surface area contributed by atoms with Crippen LogP contribution in [0, 0.1) is 17.0 Å². The molecule has 3 rings (SSSR count). The number of H-pyrrole nitrogens is 1. The van der Waals surface area contributed by atoms with Gasteiger partial charge in [-0.05, 0) is 37.6 Å². The van der Waals surface area contributed by atoms with Gasteiger partial charge in [0.1, 0.15) is 17.3 Å². The SMILES string of the molecule is Cc1nc(NC(C)c2ncc(-c3ccc(Br)cc3)[nH]2)ccc1[N+](=O)[O-]. The Balaban J connectivity index is 1.76. The van der Waals surface area contributed by atoms with E-state index in [0.29, 0.717) is 11.5 Å². The summed E-state index contributed by atoms with van der Waals surface area (Å²) in [4.78, 5) is 22.4. The number of nitrogens with zero attached hydrogens (tertiary/aromatic N) is 3. The van der Waals surface area contributed by atoms with Crippen molar-refractivity contribution in [3.63, 3.8) is 0 Å². The van der Waals surface area contributed by atoms with Crippen molar-refractivity contribution < 1.29 is 4.92 Å². The highest BCUT2D eigenvalue weighted by molar-refractivity contribution is 9.10. The third-order valence-electron chi connectivity index (χ3n) is 3.78. The van der Waals surface area contributed by atoms with Crippen LogP contribution in [0.5, 0.6) is 0 Å². The van der Waals surface area contributed by atoms with Gasteiger partial charge in [-0.25, -0.2) is 9.97 Å². The largest absolute Gasteiger partial charge is 0.360 e. The van der Waals surface area contributed by atoms with Crippen LogP contribution in [0.1, 0.15) is 24.5 Å². The Bertz CT molecular complexity index is 908. The predicted octanol–water partition coefficient (Wildman–Crippen LogP) is 4.62. The van der Waals surface area contributed by atoms with E-state index in [1.54, 1.807) is 19.2 Å². The van der Waals surface area contributed by atoms with E-state index in [0.717, 1.165) is 21.6 Å². The smallest absolute Gasteiger partial charge is 0.290 e. The minimum Gasteiger partial charge on any atom is -0.360 e. The molecule has 0 aliphatic carbocycles. The Morgan fingerprint density at radius 2 is 1.96 bits per heavy atom. The number of aromatic nitrogens is 3. The number of benzene rings is 1. The van der Waals surface area contributed by atoms with Crippen LogP contribution in [0.25, 0.3) is 11.3 Å². The zero-order valence-corrected chi connectivity index (χ0v) is 15.2. The number of nitro groups is 1. The number of aryl methyl sites for hydroxylation is 1. The molecule has 8 heteroatoms. The van der Waals surface area contributed by atoms with E-state index in [1.807, 2.05) is 31.2 Å². The van der Waals surface area contributed by atoms with Crippen molar-refractivity contribution in [2.45, 2.75) is 19.9 Å². The Kier molecular flexibility index (Phi) is 4.80. The first-order valence-electron chi connectivity index (χ1n) is 7.63. The van der Waals surface area contributed by atoms with Crippen LogP contribution in [0.4, 0.5) is 11.5 Å². The summed E-state index contributed by atoms with van der Waals surface area (Å²) in [5, 5.41) is 14.1. The van der Waals surface area contributed by atoms with E-state index in [9.17, 15) is 10.1 Å². The molecule has 3 aromatic rings. The highest BCUT2D eigenvalue weighted by atomic mass is 79.9. The molecule has 1 aromatic carbocycles. The van der Waals surface area contributed by atoms with Crippen molar-refractivity contribution in [1.29, 1.82) is 0 Å². The van der Waals surface area contributed by atoms with Gasteiger partial charge in [-0.3, -0.25) is 10.1 Å². The summed E-state index contributed by atoms with van der Waals surface area (Å²) in [6.07, 6.45) is 1.78. The molecule has 1 atom stereocenters. The van der Waals surface area contributed by atoms with Crippen LogP contribution in [0.3, 0.4) is 0 Å². The lowest BCUT2D eigenvalue weighted by Gasteiger charge is -2.12. The molecule has 0 aliphatic rings. The van der Waals surface area contributed by atoms with Crippen molar-refractivity contribution >= 4 is 27.4 Å². The van der Waals surface area contributed by atoms with Gasteiger partial charge in [0.15, 0.2) is 0 Å². The van der Waals surface area contributed by atoms with E-state index in [-0.39, 0.29) is 11.7 Å². The van der Waals surface area contributed by atoms with E-state index in [4.69, 9.17) is 0 Å². The van der Waals surface area contributed by atoms with Crippen LogP contribution in [0.2, 0.25) is 0 Å². The van der Waals surface area contributed by atoms with Gasteiger partial charge in [0.2, 0.25) is 0 Å². The van der Waals surface area contributed by atoms with Crippen molar-refractivity contribution in [2.75, 3.05) is 5.32 Å². The lowest BCUT2D eigenvalue weighted by atomic mass is 10.2. The number of hydrogen-bond donors (Lipinski definition) is 2. The molecule has 0 radical (unpaired) electrons. The van der Waals surface area contributed by atoms with Crippen LogP contribution in [-0.4, -0.2) is 19.9 Å². The Morgan fingerprint density at radius 3 is 2.60 bits per heavy atom. The average Bonchev–Trinajstić information content (AvgIpc) is 3.05. The summed E-state index contributed by atoms with van der Waals surface area (Å²) in [6.45, 7) is 3.56. The third kappa shape index (κ3) is 3.85. The zero-order chi connectivity index (χ0) is 18.0. The van der Waals surface area contributed by atoms with E-state index < -0.39 is 4.92 Å². The van der Waals surface area contributed by atoms with Gasteiger partial charge in [-0.2, -0.15) is 0 Å². The highest BCUT2D eigenvalue weighted by Crippen LogP contribution is 2.24. The van der Waals surface area contributed by atoms with Crippen LogP contribution < -0.4 is 5.32 Å². The first kappa shape index (κ1) is 17.1. The number of halogens is 1. The first-order chi connectivity index (χ1) is 11.9. The highest BCUT2D eigenvalue weighted by Gasteiger charge is 2.15. The van der Waals surface area contributed by atoms with Crippen LogP contribution in [0.15, 0.2) is 47.1 Å². The quantitative estimate of drug-likeness (QED) is 0.479. The summed E-state index contributed by atoms with van der Waals surface area (Å²) in [7, 11) is 0. The number of pyridine rings is 1. The molecular weight excluding hydrogens is 386 g/mol. The normalized spacial score (nSPS) is 12.0. The summed E-state index contributed by atoms with van der Waals surface area (Å²) < 4.78 is 1.02. The molecule has 0 spiro atoms. The Morgan fingerprint density at radius 1 is 1.24 bits per heavy atom. The van der Waals surface area contributed by atoms with Crippen molar-refractivity contribution in [2.24, 2.45) is 0 Å². The molecule has 0 bridgehead atoms. The lowest BCUT2D eigenvalue weighted by Crippen LogP contribution is -2.10. The molecule has 0 saturated heterocycles. The van der Waals surface area contributed by atoms with E-state index in [2.05, 4.69) is 36.2 Å². The molecule has 0 fully saturated rings. The van der Waals surface area contributed by atoms with Crippen LogP contribution in [-0.2, 0) is 0 Å². The van der Waals surface area contributed by atoms with E-state index in [1.165, 1.54) is 6.07 Å². The second kappa shape index (κ2) is 7.02. The van der Waals surface area contributed by atoms with Crippen LogP contribution >= 0.6 is 15.9 Å². The fraction of sp³-hybridized carbons (Fsp3) is 0.176. The van der Waals surface area contributed by atoms with Gasteiger partial charge in [0.25, 0.3) is 5.69 Å². The molecule has 2 heterocycles. The zero-order valence-electron chi connectivity index (χ0n) is 13.7. The third-order valence-corrected chi connectivity index (χ3v) is 4.31. The van der Waals surface area contributed by atoms with Gasteiger partial charge < -0.3 is 10.3 Å². The van der Waals surface area contributed by atoms with Gasteiger partial charge in [-0.15, -0.1) is 0 Å². The summed E-state index contributed by atoms with van der Waals surface area (Å²) >= 11 is 3.42. The number of aromatic amines is 1. The fourth-order valence-electron chi connectivity index (χ4n) is 2.45. The second-order valence-electron chi connectivity index (χ2n) is 5.61. The maximum absolute atomic E-state index is 10.9. The monoisotopic (exact) mass is 401 g/mol. The number of hydrogen-bond acceptors (Lipinski definition) is 5. The molecule has 128 valence electrons. The maximum Gasteiger partial charge on any atom is 0.290 e. The molecular formula is C17H16BrN5O2. The molecule has 7 nitrogen and oxygen atoms in total. The maximum atomic E-state index is 10.9.